The summed E-state index contributed by atoms with van der Waals surface area (Å²) in [6, 6.07) is 0.458. The Labute approximate surface area is 109 Å². The molecular weight excluding hydrogens is 242 g/mol. The second-order valence-electron chi connectivity index (χ2n) is 4.24. The van der Waals surface area contributed by atoms with E-state index in [1.54, 1.807) is 6.92 Å². The second kappa shape index (κ2) is 9.42. The zero-order valence-corrected chi connectivity index (χ0v) is 11.2. The van der Waals surface area contributed by atoms with Gasteiger partial charge in [-0.05, 0) is 19.8 Å². The summed E-state index contributed by atoms with van der Waals surface area (Å²) >= 11 is 0. The molecule has 0 aromatic rings. The lowest BCUT2D eigenvalue weighted by atomic mass is 9.95. The van der Waals surface area contributed by atoms with Gasteiger partial charge in [0, 0.05) is 6.04 Å². The predicted molar refractivity (Wildman–Crippen MR) is 68.4 cm³/mol. The fourth-order valence-electron chi connectivity index (χ4n) is 2.00. The molecule has 1 saturated carbocycles. The molecule has 100 valence electrons. The number of carbonyl (C=O) groups is 2. The van der Waals surface area contributed by atoms with Gasteiger partial charge in [0.15, 0.2) is 5.78 Å². The number of Topliss-reactive ketones (excluding diaryl/α,β-unsaturated/α-hetero) is 1. The van der Waals surface area contributed by atoms with Gasteiger partial charge in [0.2, 0.25) is 0 Å². The Bertz CT molecular complexity index is 240. The van der Waals surface area contributed by atoms with Crippen LogP contribution in [0.1, 0.15) is 45.4 Å². The van der Waals surface area contributed by atoms with Crippen LogP contribution in [0.4, 0.5) is 0 Å². The first-order chi connectivity index (χ1) is 7.72. The fourth-order valence-corrected chi connectivity index (χ4v) is 2.00. The van der Waals surface area contributed by atoms with Crippen LogP contribution >= 0.6 is 12.4 Å². The Balaban J connectivity index is 0.00000256. The molecule has 17 heavy (non-hydrogen) atoms. The average molecular weight is 264 g/mol. The highest BCUT2D eigenvalue weighted by atomic mass is 35.5. The SMILES string of the molecule is CCOC(=O)CC(=O)CNC1CCCCC1.Cl. The predicted octanol–water partition coefficient (Wildman–Crippen LogP) is 1.85. The van der Waals surface area contributed by atoms with Crippen LogP contribution in [0.3, 0.4) is 0 Å². The number of halogens is 1. The van der Waals surface area contributed by atoms with Crippen molar-refractivity contribution in [3.63, 3.8) is 0 Å². The van der Waals surface area contributed by atoms with Crippen molar-refractivity contribution in [2.45, 2.75) is 51.5 Å². The highest BCUT2D eigenvalue weighted by molar-refractivity contribution is 5.96. The normalized spacial score (nSPS) is 16.1. The van der Waals surface area contributed by atoms with Gasteiger partial charge in [-0.25, -0.2) is 0 Å². The minimum atomic E-state index is -0.419. The lowest BCUT2D eigenvalue weighted by Crippen LogP contribution is -2.35. The van der Waals surface area contributed by atoms with Crippen molar-refractivity contribution in [2.24, 2.45) is 0 Å². The number of carbonyl (C=O) groups excluding carboxylic acids is 2. The van der Waals surface area contributed by atoms with Gasteiger partial charge in [-0.2, -0.15) is 0 Å². The molecule has 0 spiro atoms. The number of ether oxygens (including phenoxy) is 1. The fraction of sp³-hybridized carbons (Fsp3) is 0.833. The van der Waals surface area contributed by atoms with E-state index in [1.165, 1.54) is 19.3 Å². The molecule has 0 saturated heterocycles. The summed E-state index contributed by atoms with van der Waals surface area (Å²) in [6.07, 6.45) is 5.97. The summed E-state index contributed by atoms with van der Waals surface area (Å²) < 4.78 is 4.72. The minimum Gasteiger partial charge on any atom is -0.466 e. The van der Waals surface area contributed by atoms with Crippen molar-refractivity contribution in [1.82, 2.24) is 5.32 Å². The van der Waals surface area contributed by atoms with Crippen molar-refractivity contribution >= 4 is 24.2 Å². The van der Waals surface area contributed by atoms with Crippen LogP contribution in [0.2, 0.25) is 0 Å². The van der Waals surface area contributed by atoms with Gasteiger partial charge >= 0.3 is 5.97 Å². The largest absolute Gasteiger partial charge is 0.466 e. The first-order valence-electron chi connectivity index (χ1n) is 6.13. The molecule has 1 N–H and O–H groups in total. The van der Waals surface area contributed by atoms with Crippen LogP contribution in [-0.4, -0.2) is 30.9 Å². The third kappa shape index (κ3) is 7.34. The first-order valence-corrected chi connectivity index (χ1v) is 6.13. The smallest absolute Gasteiger partial charge is 0.313 e. The molecule has 1 aliphatic rings. The molecule has 0 bridgehead atoms. The van der Waals surface area contributed by atoms with Gasteiger partial charge in [-0.3, -0.25) is 9.59 Å². The van der Waals surface area contributed by atoms with Crippen molar-refractivity contribution < 1.29 is 14.3 Å². The Morgan fingerprint density at radius 3 is 2.47 bits per heavy atom. The van der Waals surface area contributed by atoms with Crippen molar-refractivity contribution in [1.29, 1.82) is 0 Å². The van der Waals surface area contributed by atoms with E-state index >= 15 is 0 Å². The van der Waals surface area contributed by atoms with Gasteiger partial charge < -0.3 is 10.1 Å². The third-order valence-corrected chi connectivity index (χ3v) is 2.84. The lowest BCUT2D eigenvalue weighted by molar-refractivity contribution is -0.145. The Morgan fingerprint density at radius 1 is 1.24 bits per heavy atom. The Hall–Kier alpha value is -0.610. The lowest BCUT2D eigenvalue weighted by Gasteiger charge is -2.22. The van der Waals surface area contributed by atoms with E-state index in [-0.39, 0.29) is 24.6 Å². The van der Waals surface area contributed by atoms with Gasteiger partial charge in [-0.1, -0.05) is 19.3 Å². The van der Waals surface area contributed by atoms with Gasteiger partial charge in [0.1, 0.15) is 6.42 Å². The zero-order chi connectivity index (χ0) is 11.8. The first kappa shape index (κ1) is 16.4. The molecule has 4 nitrogen and oxygen atoms in total. The Morgan fingerprint density at radius 2 is 1.88 bits per heavy atom. The molecule has 1 fully saturated rings. The van der Waals surface area contributed by atoms with Crippen LogP contribution in [0.15, 0.2) is 0 Å². The van der Waals surface area contributed by atoms with E-state index < -0.39 is 5.97 Å². The summed E-state index contributed by atoms with van der Waals surface area (Å²) in [5.41, 5.74) is 0. The number of nitrogens with one attached hydrogen (secondary N) is 1. The minimum absolute atomic E-state index is 0. The second-order valence-corrected chi connectivity index (χ2v) is 4.24. The van der Waals surface area contributed by atoms with Gasteiger partial charge in [0.25, 0.3) is 0 Å². The van der Waals surface area contributed by atoms with Crippen LogP contribution < -0.4 is 5.32 Å². The summed E-state index contributed by atoms with van der Waals surface area (Å²) in [7, 11) is 0. The van der Waals surface area contributed by atoms with E-state index in [2.05, 4.69) is 5.32 Å². The highest BCUT2D eigenvalue weighted by Crippen LogP contribution is 2.17. The number of hydrogen-bond donors (Lipinski definition) is 1. The molecular formula is C12H22ClNO3. The number of ketones is 1. The van der Waals surface area contributed by atoms with E-state index in [9.17, 15) is 9.59 Å². The van der Waals surface area contributed by atoms with Crippen molar-refractivity contribution in [2.75, 3.05) is 13.2 Å². The zero-order valence-electron chi connectivity index (χ0n) is 10.4. The molecule has 1 aliphatic carbocycles. The summed E-state index contributed by atoms with van der Waals surface area (Å²) in [5, 5.41) is 3.21. The third-order valence-electron chi connectivity index (χ3n) is 2.84. The maximum Gasteiger partial charge on any atom is 0.313 e. The van der Waals surface area contributed by atoms with E-state index in [0.717, 1.165) is 12.8 Å². The molecule has 0 aromatic carbocycles. The molecule has 0 aromatic heterocycles. The van der Waals surface area contributed by atoms with Crippen molar-refractivity contribution in [3.05, 3.63) is 0 Å². The van der Waals surface area contributed by atoms with Gasteiger partial charge in [0.05, 0.1) is 13.2 Å². The summed E-state index contributed by atoms with van der Waals surface area (Å²) in [5.74, 6) is -0.498. The summed E-state index contributed by atoms with van der Waals surface area (Å²) in [4.78, 5) is 22.4. The summed E-state index contributed by atoms with van der Waals surface area (Å²) in [6.45, 7) is 2.37. The Kier molecular flexibility index (Phi) is 9.09. The highest BCUT2D eigenvalue weighted by Gasteiger charge is 2.15. The average Bonchev–Trinajstić information content (AvgIpc) is 2.28. The number of rotatable bonds is 6. The van der Waals surface area contributed by atoms with Crippen LogP contribution in [0, 0.1) is 0 Å². The molecule has 0 unspecified atom stereocenters. The van der Waals surface area contributed by atoms with E-state index in [4.69, 9.17) is 4.74 Å². The maximum absolute atomic E-state index is 11.4. The standard InChI is InChI=1S/C12H21NO3.ClH/c1-2-16-12(15)8-11(14)9-13-10-6-4-3-5-7-10;/h10,13H,2-9H2,1H3;1H. The van der Waals surface area contributed by atoms with E-state index in [1.807, 2.05) is 0 Å². The van der Waals surface area contributed by atoms with Crippen LogP contribution in [0.5, 0.6) is 0 Å². The number of hydrogen-bond acceptors (Lipinski definition) is 4. The molecule has 0 aliphatic heterocycles. The molecule has 0 amide bonds. The monoisotopic (exact) mass is 263 g/mol. The molecule has 1 rings (SSSR count). The molecule has 0 heterocycles. The maximum atomic E-state index is 11.4. The van der Waals surface area contributed by atoms with E-state index in [0.29, 0.717) is 19.2 Å². The van der Waals surface area contributed by atoms with Crippen LogP contribution in [0.25, 0.3) is 0 Å². The van der Waals surface area contributed by atoms with Crippen molar-refractivity contribution in [3.8, 4) is 0 Å². The molecule has 5 heteroatoms. The van der Waals surface area contributed by atoms with Crippen LogP contribution in [-0.2, 0) is 14.3 Å². The molecule has 0 radical (unpaired) electrons. The topological polar surface area (TPSA) is 55.4 Å². The quantitative estimate of drug-likeness (QED) is 0.587. The number of esters is 1. The van der Waals surface area contributed by atoms with Gasteiger partial charge in [-0.15, -0.1) is 12.4 Å². The molecule has 0 atom stereocenters.